The molecule has 0 atom stereocenters. The molecule has 0 saturated heterocycles. The first kappa shape index (κ1) is 10.7. The summed E-state index contributed by atoms with van der Waals surface area (Å²) in [6, 6.07) is 0. The molecule has 0 radical (unpaired) electrons. The molecule has 0 saturated carbocycles. The van der Waals surface area contributed by atoms with Crippen LogP contribution in [0.4, 0.5) is 0 Å². The molecule has 0 aromatic carbocycles. The number of hydrogen-bond donors (Lipinski definition) is 1. The van der Waals surface area contributed by atoms with Crippen molar-refractivity contribution < 1.29 is 0 Å². The zero-order valence-corrected chi connectivity index (χ0v) is 9.83. The highest BCUT2D eigenvalue weighted by Crippen LogP contribution is 2.33. The van der Waals surface area contributed by atoms with Gasteiger partial charge in [-0.3, -0.25) is 0 Å². The Kier molecular flexibility index (Phi) is 2.52. The molecule has 74 valence electrons. The van der Waals surface area contributed by atoms with E-state index in [1.807, 2.05) is 19.4 Å². The Labute approximate surface area is 84.2 Å². The summed E-state index contributed by atoms with van der Waals surface area (Å²) in [5, 5.41) is 0. The summed E-state index contributed by atoms with van der Waals surface area (Å²) in [5.74, 6) is 0. The van der Waals surface area contributed by atoms with E-state index in [0.717, 1.165) is 5.69 Å². The minimum Gasteiger partial charge on any atom is -0.321 e. The maximum Gasteiger partial charge on any atom is 0.0798 e. The molecule has 0 unspecified atom stereocenters. The number of nitrogens with zero attached hydrogens (tertiary/aromatic N) is 1. The van der Waals surface area contributed by atoms with E-state index in [1.165, 1.54) is 4.88 Å². The molecule has 1 rings (SSSR count). The van der Waals surface area contributed by atoms with Crippen molar-refractivity contribution in [3.63, 3.8) is 0 Å². The van der Waals surface area contributed by atoms with Crippen LogP contribution >= 0.6 is 11.3 Å². The van der Waals surface area contributed by atoms with Crippen LogP contribution in [0.2, 0.25) is 0 Å². The van der Waals surface area contributed by atoms with Crippen LogP contribution in [-0.2, 0) is 11.0 Å². The van der Waals surface area contributed by atoms with Crippen LogP contribution in [0.5, 0.6) is 0 Å². The Morgan fingerprint density at radius 1 is 1.23 bits per heavy atom. The van der Waals surface area contributed by atoms with Gasteiger partial charge in [-0.05, 0) is 19.3 Å². The first-order chi connectivity index (χ1) is 5.73. The molecule has 0 amide bonds. The van der Waals surface area contributed by atoms with Gasteiger partial charge in [0.15, 0.2) is 0 Å². The van der Waals surface area contributed by atoms with Crippen LogP contribution in [0.25, 0.3) is 0 Å². The fourth-order valence-electron chi connectivity index (χ4n) is 1.24. The lowest BCUT2D eigenvalue weighted by Gasteiger charge is -2.24. The minimum absolute atomic E-state index is 0.146. The second-order valence-corrected chi connectivity index (χ2v) is 5.86. The van der Waals surface area contributed by atoms with Gasteiger partial charge in [-0.15, -0.1) is 11.3 Å². The number of nitrogens with two attached hydrogens (primary N) is 1. The molecule has 0 bridgehead atoms. The molecule has 3 heteroatoms. The van der Waals surface area contributed by atoms with Crippen molar-refractivity contribution in [2.45, 2.75) is 45.6 Å². The number of thiazole rings is 1. The Morgan fingerprint density at radius 2 is 1.77 bits per heavy atom. The maximum atomic E-state index is 6.04. The predicted molar refractivity (Wildman–Crippen MR) is 58.0 cm³/mol. The first-order valence-electron chi connectivity index (χ1n) is 4.46. The summed E-state index contributed by atoms with van der Waals surface area (Å²) < 4.78 is 0. The summed E-state index contributed by atoms with van der Waals surface area (Å²) in [6.45, 7) is 10.6. The number of rotatable bonds is 1. The van der Waals surface area contributed by atoms with Crippen LogP contribution < -0.4 is 5.73 Å². The van der Waals surface area contributed by atoms with E-state index in [4.69, 9.17) is 5.73 Å². The standard InChI is InChI=1S/C10H18N2S/c1-9(2,3)8-7(10(4,5)11)12-6-13-8/h6H,11H2,1-5H3. The molecule has 1 heterocycles. The van der Waals surface area contributed by atoms with Gasteiger partial charge in [0.25, 0.3) is 0 Å². The van der Waals surface area contributed by atoms with E-state index in [1.54, 1.807) is 11.3 Å². The molecule has 1 aromatic heterocycles. The van der Waals surface area contributed by atoms with Gasteiger partial charge in [-0.25, -0.2) is 4.98 Å². The highest BCUT2D eigenvalue weighted by Gasteiger charge is 2.27. The number of aromatic nitrogens is 1. The van der Waals surface area contributed by atoms with Crippen molar-refractivity contribution in [1.82, 2.24) is 4.98 Å². The van der Waals surface area contributed by atoms with Gasteiger partial charge in [-0.2, -0.15) is 0 Å². The van der Waals surface area contributed by atoms with E-state index in [0.29, 0.717) is 0 Å². The van der Waals surface area contributed by atoms with E-state index in [2.05, 4.69) is 25.8 Å². The van der Waals surface area contributed by atoms with Crippen LogP contribution in [0.15, 0.2) is 5.51 Å². The average Bonchev–Trinajstić information content (AvgIpc) is 2.27. The Balaban J connectivity index is 3.19. The summed E-state index contributed by atoms with van der Waals surface area (Å²) in [7, 11) is 0. The Bertz CT molecular complexity index is 260. The lowest BCUT2D eigenvalue weighted by molar-refractivity contribution is 0.505. The normalized spacial score (nSPS) is 13.4. The van der Waals surface area contributed by atoms with Gasteiger partial charge < -0.3 is 5.73 Å². The predicted octanol–water partition coefficient (Wildman–Crippen LogP) is 2.63. The summed E-state index contributed by atoms with van der Waals surface area (Å²) >= 11 is 1.69. The average molecular weight is 198 g/mol. The van der Waals surface area contributed by atoms with Crippen molar-refractivity contribution in [2.24, 2.45) is 5.73 Å². The molecule has 0 fully saturated rings. The van der Waals surface area contributed by atoms with Crippen LogP contribution in [-0.4, -0.2) is 4.98 Å². The van der Waals surface area contributed by atoms with E-state index >= 15 is 0 Å². The largest absolute Gasteiger partial charge is 0.321 e. The highest BCUT2D eigenvalue weighted by atomic mass is 32.1. The van der Waals surface area contributed by atoms with Gasteiger partial charge in [0.05, 0.1) is 16.7 Å². The van der Waals surface area contributed by atoms with Gasteiger partial charge >= 0.3 is 0 Å². The molecule has 1 aromatic rings. The SMILES string of the molecule is CC(C)(C)c1scnc1C(C)(C)N. The fraction of sp³-hybridized carbons (Fsp3) is 0.700. The third-order valence-corrected chi connectivity index (χ3v) is 3.11. The fourth-order valence-corrected chi connectivity index (χ4v) is 2.28. The Morgan fingerprint density at radius 3 is 2.08 bits per heavy atom. The molecule has 0 aliphatic heterocycles. The van der Waals surface area contributed by atoms with Gasteiger partial charge in [0.2, 0.25) is 0 Å². The molecular formula is C10H18N2S. The lowest BCUT2D eigenvalue weighted by Crippen LogP contribution is -2.32. The van der Waals surface area contributed by atoms with Gasteiger partial charge in [0, 0.05) is 4.88 Å². The van der Waals surface area contributed by atoms with Crippen molar-refractivity contribution >= 4 is 11.3 Å². The van der Waals surface area contributed by atoms with Crippen molar-refractivity contribution in [2.75, 3.05) is 0 Å². The van der Waals surface area contributed by atoms with E-state index < -0.39 is 0 Å². The quantitative estimate of drug-likeness (QED) is 0.753. The smallest absolute Gasteiger partial charge is 0.0798 e. The number of hydrogen-bond acceptors (Lipinski definition) is 3. The Hall–Kier alpha value is -0.410. The maximum absolute atomic E-state index is 6.04. The molecule has 13 heavy (non-hydrogen) atoms. The van der Waals surface area contributed by atoms with Crippen molar-refractivity contribution in [3.8, 4) is 0 Å². The zero-order chi connectivity index (χ0) is 10.3. The molecular weight excluding hydrogens is 180 g/mol. The van der Waals surface area contributed by atoms with Crippen LogP contribution in [0.1, 0.15) is 45.2 Å². The lowest BCUT2D eigenvalue weighted by atomic mass is 9.88. The molecule has 2 nitrogen and oxygen atoms in total. The van der Waals surface area contributed by atoms with E-state index in [-0.39, 0.29) is 11.0 Å². The minimum atomic E-state index is -0.331. The molecule has 2 N–H and O–H groups in total. The third kappa shape index (κ3) is 2.29. The summed E-state index contributed by atoms with van der Waals surface area (Å²) in [5.41, 5.74) is 8.77. The monoisotopic (exact) mass is 198 g/mol. The third-order valence-electron chi connectivity index (χ3n) is 1.86. The zero-order valence-electron chi connectivity index (χ0n) is 9.01. The molecule has 0 aliphatic rings. The highest BCUT2D eigenvalue weighted by molar-refractivity contribution is 7.09. The molecule has 0 spiro atoms. The van der Waals surface area contributed by atoms with Gasteiger partial charge in [-0.1, -0.05) is 20.8 Å². The second kappa shape index (κ2) is 3.07. The van der Waals surface area contributed by atoms with E-state index in [9.17, 15) is 0 Å². The summed E-state index contributed by atoms with van der Waals surface area (Å²) in [6.07, 6.45) is 0. The van der Waals surface area contributed by atoms with Crippen LogP contribution in [0.3, 0.4) is 0 Å². The van der Waals surface area contributed by atoms with Crippen molar-refractivity contribution in [1.29, 1.82) is 0 Å². The van der Waals surface area contributed by atoms with Gasteiger partial charge in [0.1, 0.15) is 0 Å². The van der Waals surface area contributed by atoms with Crippen molar-refractivity contribution in [3.05, 3.63) is 16.1 Å². The summed E-state index contributed by atoms with van der Waals surface area (Å²) in [4.78, 5) is 5.64. The first-order valence-corrected chi connectivity index (χ1v) is 5.34. The molecule has 0 aliphatic carbocycles. The topological polar surface area (TPSA) is 38.9 Å². The second-order valence-electron chi connectivity index (χ2n) is 5.00. The van der Waals surface area contributed by atoms with Crippen LogP contribution in [0, 0.1) is 0 Å².